The van der Waals surface area contributed by atoms with Crippen LogP contribution in [0.15, 0.2) is 28.8 Å². The minimum atomic E-state index is -0.359. The number of aryl methyl sites for hydroxylation is 1. The monoisotopic (exact) mass is 392 g/mol. The molecule has 1 aromatic heterocycles. The van der Waals surface area contributed by atoms with Gasteiger partial charge in [0.05, 0.1) is 17.5 Å². The smallest absolute Gasteiger partial charge is 0.228 e. The highest BCUT2D eigenvalue weighted by atomic mass is 35.5. The van der Waals surface area contributed by atoms with Crippen LogP contribution < -0.4 is 10.1 Å². The topological polar surface area (TPSA) is 97.6 Å². The molecule has 2 amide bonds. The van der Waals surface area contributed by atoms with Crippen molar-refractivity contribution in [1.29, 1.82) is 0 Å². The van der Waals surface area contributed by atoms with Crippen molar-refractivity contribution in [2.24, 2.45) is 5.92 Å². The summed E-state index contributed by atoms with van der Waals surface area (Å²) in [6.45, 7) is 3.24. The minimum Gasteiger partial charge on any atom is -0.490 e. The second-order valence-corrected chi connectivity index (χ2v) is 6.70. The molecule has 1 aliphatic rings. The quantitative estimate of drug-likeness (QED) is 0.733. The van der Waals surface area contributed by atoms with E-state index in [1.807, 2.05) is 12.1 Å². The number of ether oxygens (including phenoxy) is 1. The highest BCUT2D eigenvalue weighted by Gasteiger charge is 2.33. The molecule has 9 heteroatoms. The number of likely N-dealkylation sites (tertiary alicyclic amines) is 1. The van der Waals surface area contributed by atoms with E-state index in [9.17, 15) is 9.59 Å². The predicted octanol–water partition coefficient (Wildman–Crippen LogP) is 1.62. The number of nitrogens with zero attached hydrogens (tertiary/aromatic N) is 3. The van der Waals surface area contributed by atoms with Gasteiger partial charge in [-0.05, 0) is 19.1 Å². The number of rotatable bonds is 8. The minimum absolute atomic E-state index is 0.0505. The molecule has 144 valence electrons. The summed E-state index contributed by atoms with van der Waals surface area (Å²) in [5.74, 6) is 1.07. The van der Waals surface area contributed by atoms with Crippen LogP contribution in [-0.2, 0) is 16.0 Å². The van der Waals surface area contributed by atoms with E-state index in [4.69, 9.17) is 20.9 Å². The molecule has 0 saturated carbocycles. The normalized spacial score (nSPS) is 16.6. The Morgan fingerprint density at radius 1 is 1.44 bits per heavy atom. The molecule has 2 aromatic rings. The Morgan fingerprint density at radius 2 is 2.26 bits per heavy atom. The van der Waals surface area contributed by atoms with Crippen molar-refractivity contribution in [1.82, 2.24) is 20.4 Å². The lowest BCUT2D eigenvalue weighted by Crippen LogP contribution is -2.35. The van der Waals surface area contributed by atoms with Crippen molar-refractivity contribution in [2.45, 2.75) is 19.8 Å². The van der Waals surface area contributed by atoms with Crippen LogP contribution >= 0.6 is 11.6 Å². The van der Waals surface area contributed by atoms with E-state index in [-0.39, 0.29) is 24.2 Å². The zero-order chi connectivity index (χ0) is 19.2. The van der Waals surface area contributed by atoms with E-state index >= 15 is 0 Å². The lowest BCUT2D eigenvalue weighted by Gasteiger charge is -2.17. The molecule has 27 heavy (non-hydrogen) atoms. The van der Waals surface area contributed by atoms with Crippen molar-refractivity contribution in [3.05, 3.63) is 41.0 Å². The number of para-hydroxylation sites is 1. The molecule has 0 bridgehead atoms. The number of halogens is 1. The first kappa shape index (κ1) is 19.2. The summed E-state index contributed by atoms with van der Waals surface area (Å²) in [6, 6.07) is 7.17. The third-order valence-corrected chi connectivity index (χ3v) is 4.56. The van der Waals surface area contributed by atoms with Gasteiger partial charge in [-0.3, -0.25) is 9.59 Å². The van der Waals surface area contributed by atoms with Crippen molar-refractivity contribution in [2.75, 3.05) is 26.2 Å². The van der Waals surface area contributed by atoms with Gasteiger partial charge in [-0.2, -0.15) is 4.98 Å². The standard InChI is InChI=1S/C18H21ClN4O4/c1-12-21-16(27-22-12)6-7-20-18(25)13-10-17(24)23(11-13)8-9-26-15-5-3-2-4-14(15)19/h2-5,13H,6-11H2,1H3,(H,20,25). The van der Waals surface area contributed by atoms with E-state index in [2.05, 4.69) is 15.5 Å². The summed E-state index contributed by atoms with van der Waals surface area (Å²) in [5, 5.41) is 7.04. The molecule has 0 aliphatic carbocycles. The largest absolute Gasteiger partial charge is 0.490 e. The Morgan fingerprint density at radius 3 is 3.00 bits per heavy atom. The van der Waals surface area contributed by atoms with Crippen LogP contribution in [0.25, 0.3) is 0 Å². The van der Waals surface area contributed by atoms with Gasteiger partial charge in [0.1, 0.15) is 12.4 Å². The summed E-state index contributed by atoms with van der Waals surface area (Å²) in [7, 11) is 0. The van der Waals surface area contributed by atoms with Gasteiger partial charge in [-0.25, -0.2) is 0 Å². The molecule has 8 nitrogen and oxygen atoms in total. The Balaban J connectivity index is 1.40. The Hall–Kier alpha value is -2.61. The molecule has 1 saturated heterocycles. The molecule has 2 heterocycles. The first-order chi connectivity index (χ1) is 13.0. The number of aromatic nitrogens is 2. The molecule has 0 radical (unpaired) electrons. The maximum atomic E-state index is 12.3. The van der Waals surface area contributed by atoms with Crippen LogP contribution in [0.3, 0.4) is 0 Å². The molecule has 1 unspecified atom stereocenters. The molecule has 3 rings (SSSR count). The lowest BCUT2D eigenvalue weighted by molar-refractivity contribution is -0.129. The number of amides is 2. The van der Waals surface area contributed by atoms with Crippen LogP contribution in [0.2, 0.25) is 5.02 Å². The second-order valence-electron chi connectivity index (χ2n) is 6.30. The average Bonchev–Trinajstić information content (AvgIpc) is 3.22. The molecule has 1 aliphatic heterocycles. The Bertz CT molecular complexity index is 810. The van der Waals surface area contributed by atoms with Crippen molar-refractivity contribution in [3.63, 3.8) is 0 Å². The lowest BCUT2D eigenvalue weighted by atomic mass is 10.1. The third-order valence-electron chi connectivity index (χ3n) is 4.25. The number of hydrogen-bond donors (Lipinski definition) is 1. The molecule has 1 fully saturated rings. The van der Waals surface area contributed by atoms with Crippen LogP contribution in [-0.4, -0.2) is 53.1 Å². The number of carbonyl (C=O) groups is 2. The number of benzene rings is 1. The highest BCUT2D eigenvalue weighted by Crippen LogP contribution is 2.23. The van der Waals surface area contributed by atoms with Gasteiger partial charge in [0.25, 0.3) is 0 Å². The fourth-order valence-corrected chi connectivity index (χ4v) is 3.06. The van der Waals surface area contributed by atoms with E-state index in [0.717, 1.165) is 0 Å². The fourth-order valence-electron chi connectivity index (χ4n) is 2.87. The van der Waals surface area contributed by atoms with E-state index in [1.54, 1.807) is 24.0 Å². The summed E-state index contributed by atoms with van der Waals surface area (Å²) < 4.78 is 10.6. The highest BCUT2D eigenvalue weighted by molar-refractivity contribution is 6.32. The molecule has 1 N–H and O–H groups in total. The van der Waals surface area contributed by atoms with Crippen LogP contribution in [0.4, 0.5) is 0 Å². The number of carbonyl (C=O) groups excluding carboxylic acids is 2. The average molecular weight is 393 g/mol. The maximum Gasteiger partial charge on any atom is 0.228 e. The molecule has 1 aromatic carbocycles. The molecular formula is C18H21ClN4O4. The van der Waals surface area contributed by atoms with Crippen molar-refractivity contribution >= 4 is 23.4 Å². The van der Waals surface area contributed by atoms with Gasteiger partial charge in [-0.15, -0.1) is 0 Å². The summed E-state index contributed by atoms with van der Waals surface area (Å²) in [6.07, 6.45) is 0.667. The van der Waals surface area contributed by atoms with Gasteiger partial charge in [-0.1, -0.05) is 28.9 Å². The summed E-state index contributed by atoms with van der Waals surface area (Å²) >= 11 is 6.03. The Labute approximate surface area is 161 Å². The van der Waals surface area contributed by atoms with Gasteiger partial charge in [0.2, 0.25) is 17.7 Å². The first-order valence-corrected chi connectivity index (χ1v) is 9.12. The zero-order valence-corrected chi connectivity index (χ0v) is 15.7. The predicted molar refractivity (Wildman–Crippen MR) is 97.4 cm³/mol. The fraction of sp³-hybridized carbons (Fsp3) is 0.444. The van der Waals surface area contributed by atoms with Crippen molar-refractivity contribution < 1.29 is 18.8 Å². The van der Waals surface area contributed by atoms with Gasteiger partial charge in [0, 0.05) is 25.9 Å². The zero-order valence-electron chi connectivity index (χ0n) is 15.0. The van der Waals surface area contributed by atoms with E-state index in [0.29, 0.717) is 55.1 Å². The summed E-state index contributed by atoms with van der Waals surface area (Å²) in [4.78, 5) is 30.1. The Kier molecular flexibility index (Phi) is 6.28. The van der Waals surface area contributed by atoms with E-state index < -0.39 is 0 Å². The maximum absolute atomic E-state index is 12.3. The second kappa shape index (κ2) is 8.85. The number of hydrogen-bond acceptors (Lipinski definition) is 6. The first-order valence-electron chi connectivity index (χ1n) is 8.75. The SMILES string of the molecule is Cc1noc(CCNC(=O)C2CC(=O)N(CCOc3ccccc3Cl)C2)n1. The van der Waals surface area contributed by atoms with Gasteiger partial charge in [0.15, 0.2) is 5.82 Å². The summed E-state index contributed by atoms with van der Waals surface area (Å²) in [5.41, 5.74) is 0. The molecule has 0 spiro atoms. The van der Waals surface area contributed by atoms with Crippen LogP contribution in [0.1, 0.15) is 18.1 Å². The van der Waals surface area contributed by atoms with Gasteiger partial charge >= 0.3 is 0 Å². The van der Waals surface area contributed by atoms with E-state index in [1.165, 1.54) is 0 Å². The molecular weight excluding hydrogens is 372 g/mol. The molecule has 1 atom stereocenters. The van der Waals surface area contributed by atoms with Crippen molar-refractivity contribution in [3.8, 4) is 5.75 Å². The third kappa shape index (κ3) is 5.19. The van der Waals surface area contributed by atoms with Crippen LogP contribution in [0.5, 0.6) is 5.75 Å². The van der Waals surface area contributed by atoms with Gasteiger partial charge < -0.3 is 19.5 Å². The number of nitrogens with one attached hydrogen (secondary N) is 1. The van der Waals surface area contributed by atoms with Crippen LogP contribution in [0, 0.1) is 12.8 Å².